The first-order valence-corrected chi connectivity index (χ1v) is 10.8. The van der Waals surface area contributed by atoms with E-state index in [0.29, 0.717) is 12.5 Å². The van der Waals surface area contributed by atoms with Gasteiger partial charge >= 0.3 is 0 Å². The third-order valence-electron chi connectivity index (χ3n) is 5.86. The smallest absolute Gasteiger partial charge is 0.220 e. The van der Waals surface area contributed by atoms with Crippen molar-refractivity contribution >= 4 is 17.7 Å². The number of nitrogens with zero attached hydrogens (tertiary/aromatic N) is 3. The van der Waals surface area contributed by atoms with Crippen molar-refractivity contribution in [1.29, 1.82) is 0 Å². The zero-order valence-electron chi connectivity index (χ0n) is 15.9. The number of carbonyl (C=O) groups is 1. The molecule has 0 atom stereocenters. The highest BCUT2D eigenvalue weighted by Gasteiger charge is 2.27. The summed E-state index contributed by atoms with van der Waals surface area (Å²) < 4.78 is 1.90. The van der Waals surface area contributed by atoms with Crippen molar-refractivity contribution in [2.75, 3.05) is 24.6 Å². The first-order chi connectivity index (χ1) is 12.0. The normalized spacial score (nSPS) is 20.8. The van der Waals surface area contributed by atoms with Crippen molar-refractivity contribution in [3.63, 3.8) is 0 Å². The molecule has 1 N–H and O–H groups in total. The van der Waals surface area contributed by atoms with Crippen LogP contribution in [0.1, 0.15) is 49.1 Å². The number of thioether (sulfide) groups is 1. The quantitative estimate of drug-likeness (QED) is 0.872. The Balaban J connectivity index is 1.40. The molecule has 0 aromatic carbocycles. The molecule has 0 aliphatic carbocycles. The molecule has 0 unspecified atom stereocenters. The van der Waals surface area contributed by atoms with E-state index in [1.165, 1.54) is 35.6 Å². The molecule has 140 valence electrons. The van der Waals surface area contributed by atoms with Gasteiger partial charge in [0.25, 0.3) is 0 Å². The van der Waals surface area contributed by atoms with Crippen molar-refractivity contribution in [2.24, 2.45) is 7.05 Å². The lowest BCUT2D eigenvalue weighted by molar-refractivity contribution is -0.122. The number of piperidine rings is 1. The van der Waals surface area contributed by atoms with E-state index < -0.39 is 0 Å². The van der Waals surface area contributed by atoms with Crippen LogP contribution < -0.4 is 5.32 Å². The van der Waals surface area contributed by atoms with Crippen molar-refractivity contribution in [3.05, 3.63) is 17.0 Å². The summed E-state index contributed by atoms with van der Waals surface area (Å²) in [6.45, 7) is 6.38. The van der Waals surface area contributed by atoms with Gasteiger partial charge in [0.1, 0.15) is 0 Å². The van der Waals surface area contributed by atoms with Gasteiger partial charge in [-0.25, -0.2) is 0 Å². The molecule has 0 saturated carbocycles. The van der Waals surface area contributed by atoms with E-state index in [4.69, 9.17) is 0 Å². The monoisotopic (exact) mass is 364 g/mol. The number of likely N-dealkylation sites (tertiary alicyclic amines) is 1. The van der Waals surface area contributed by atoms with Gasteiger partial charge in [-0.05, 0) is 63.0 Å². The summed E-state index contributed by atoms with van der Waals surface area (Å²) in [6, 6.07) is 1.15. The Morgan fingerprint density at radius 1 is 1.20 bits per heavy atom. The van der Waals surface area contributed by atoms with Crippen LogP contribution in [0.2, 0.25) is 0 Å². The maximum Gasteiger partial charge on any atom is 0.220 e. The predicted molar refractivity (Wildman–Crippen MR) is 104 cm³/mol. The lowest BCUT2D eigenvalue weighted by atomic mass is 10.00. The standard InChI is InChI=1S/C19H32N4OS/c1-14-18(15(2)22(3)21-14)4-5-19(24)20-16-6-10-23(11-7-16)17-8-12-25-13-9-17/h16-17H,4-13H2,1-3H3,(H,20,24). The third kappa shape index (κ3) is 4.79. The minimum absolute atomic E-state index is 0.190. The zero-order valence-corrected chi connectivity index (χ0v) is 16.7. The van der Waals surface area contributed by atoms with Gasteiger partial charge in [0.15, 0.2) is 0 Å². The Morgan fingerprint density at radius 2 is 1.88 bits per heavy atom. The molecule has 1 amide bonds. The Kier molecular flexibility index (Phi) is 6.44. The molecule has 3 heterocycles. The van der Waals surface area contributed by atoms with Crippen molar-refractivity contribution in [3.8, 4) is 0 Å². The maximum atomic E-state index is 12.3. The van der Waals surface area contributed by atoms with Crippen LogP contribution in [0.3, 0.4) is 0 Å². The second-order valence-electron chi connectivity index (χ2n) is 7.49. The average Bonchev–Trinajstić information content (AvgIpc) is 2.86. The third-order valence-corrected chi connectivity index (χ3v) is 6.91. The fourth-order valence-electron chi connectivity index (χ4n) is 4.18. The van der Waals surface area contributed by atoms with Gasteiger partial charge in [0.2, 0.25) is 5.91 Å². The highest BCUT2D eigenvalue weighted by Crippen LogP contribution is 2.24. The second kappa shape index (κ2) is 8.58. The van der Waals surface area contributed by atoms with E-state index >= 15 is 0 Å². The SMILES string of the molecule is Cc1nn(C)c(C)c1CCC(=O)NC1CCN(C2CCSCC2)CC1. The van der Waals surface area contributed by atoms with E-state index in [0.717, 1.165) is 44.1 Å². The molecule has 25 heavy (non-hydrogen) atoms. The summed E-state index contributed by atoms with van der Waals surface area (Å²) in [7, 11) is 1.96. The molecule has 1 aromatic heterocycles. The van der Waals surface area contributed by atoms with Crippen LogP contribution in [-0.4, -0.2) is 57.3 Å². The average molecular weight is 365 g/mol. The maximum absolute atomic E-state index is 12.3. The van der Waals surface area contributed by atoms with Crippen LogP contribution in [0.15, 0.2) is 0 Å². The first kappa shape index (κ1) is 18.8. The van der Waals surface area contributed by atoms with Crippen LogP contribution in [-0.2, 0) is 18.3 Å². The summed E-state index contributed by atoms with van der Waals surface area (Å²) in [5, 5.41) is 7.70. The fraction of sp³-hybridized carbons (Fsp3) is 0.789. The van der Waals surface area contributed by atoms with E-state index in [1.807, 2.05) is 18.7 Å². The van der Waals surface area contributed by atoms with E-state index in [2.05, 4.69) is 34.0 Å². The van der Waals surface area contributed by atoms with Gasteiger partial charge in [0.05, 0.1) is 5.69 Å². The minimum atomic E-state index is 0.190. The topological polar surface area (TPSA) is 50.2 Å². The van der Waals surface area contributed by atoms with Crippen LogP contribution in [0.25, 0.3) is 0 Å². The van der Waals surface area contributed by atoms with Crippen LogP contribution >= 0.6 is 11.8 Å². The molecule has 0 bridgehead atoms. The molecule has 2 aliphatic heterocycles. The molecule has 0 radical (unpaired) electrons. The summed E-state index contributed by atoms with van der Waals surface area (Å²) in [4.78, 5) is 15.0. The Morgan fingerprint density at radius 3 is 2.48 bits per heavy atom. The van der Waals surface area contributed by atoms with Gasteiger partial charge in [-0.3, -0.25) is 9.48 Å². The number of nitrogens with one attached hydrogen (secondary N) is 1. The van der Waals surface area contributed by atoms with Crippen LogP contribution in [0, 0.1) is 13.8 Å². The van der Waals surface area contributed by atoms with E-state index in [-0.39, 0.29) is 5.91 Å². The number of rotatable bonds is 5. The fourth-order valence-corrected chi connectivity index (χ4v) is 5.26. The molecular weight excluding hydrogens is 332 g/mol. The number of carbonyl (C=O) groups excluding carboxylic acids is 1. The van der Waals surface area contributed by atoms with Crippen LogP contribution in [0.5, 0.6) is 0 Å². The Hall–Kier alpha value is -1.01. The Labute approximate surface area is 155 Å². The van der Waals surface area contributed by atoms with Crippen LogP contribution in [0.4, 0.5) is 0 Å². The number of aromatic nitrogens is 2. The molecule has 0 spiro atoms. The summed E-state index contributed by atoms with van der Waals surface area (Å²) in [5.74, 6) is 2.82. The molecule has 2 fully saturated rings. The highest BCUT2D eigenvalue weighted by atomic mass is 32.2. The van der Waals surface area contributed by atoms with Gasteiger partial charge in [-0.1, -0.05) is 0 Å². The predicted octanol–water partition coefficient (Wildman–Crippen LogP) is 2.45. The first-order valence-electron chi connectivity index (χ1n) is 9.65. The van der Waals surface area contributed by atoms with Crippen molar-refractivity contribution in [2.45, 2.75) is 64.5 Å². The summed E-state index contributed by atoms with van der Waals surface area (Å²) in [5.41, 5.74) is 3.44. The van der Waals surface area contributed by atoms with Gasteiger partial charge in [-0.15, -0.1) is 0 Å². The zero-order chi connectivity index (χ0) is 17.8. The molecule has 2 saturated heterocycles. The molecule has 2 aliphatic rings. The summed E-state index contributed by atoms with van der Waals surface area (Å²) in [6.07, 6.45) is 6.22. The van der Waals surface area contributed by atoms with Gasteiger partial charge in [-0.2, -0.15) is 16.9 Å². The minimum Gasteiger partial charge on any atom is -0.353 e. The molecule has 1 aromatic rings. The van der Waals surface area contributed by atoms with Gasteiger partial charge < -0.3 is 10.2 Å². The Bertz CT molecular complexity index is 586. The number of aryl methyl sites for hydroxylation is 2. The molecule has 6 heteroatoms. The molecular formula is C19H32N4OS. The summed E-state index contributed by atoms with van der Waals surface area (Å²) >= 11 is 2.09. The lowest BCUT2D eigenvalue weighted by Gasteiger charge is -2.39. The van der Waals surface area contributed by atoms with E-state index in [1.54, 1.807) is 0 Å². The lowest BCUT2D eigenvalue weighted by Crippen LogP contribution is -2.48. The molecule has 5 nitrogen and oxygen atoms in total. The van der Waals surface area contributed by atoms with Crippen molar-refractivity contribution in [1.82, 2.24) is 20.0 Å². The molecule has 3 rings (SSSR count). The highest BCUT2D eigenvalue weighted by molar-refractivity contribution is 7.99. The van der Waals surface area contributed by atoms with Gasteiger partial charge in [0, 0.05) is 44.3 Å². The largest absolute Gasteiger partial charge is 0.353 e. The number of hydrogen-bond acceptors (Lipinski definition) is 4. The second-order valence-corrected chi connectivity index (χ2v) is 8.72. The number of amides is 1. The number of hydrogen-bond donors (Lipinski definition) is 1. The van der Waals surface area contributed by atoms with Crippen molar-refractivity contribution < 1.29 is 4.79 Å². The van der Waals surface area contributed by atoms with E-state index in [9.17, 15) is 4.79 Å².